The molecule has 0 aliphatic carbocycles. The van der Waals surface area contributed by atoms with E-state index in [1.807, 2.05) is 41.8 Å². The third-order valence-corrected chi connectivity index (χ3v) is 4.14. The minimum atomic E-state index is -0.288. The molecule has 20 heavy (non-hydrogen) atoms. The molecule has 0 amide bonds. The van der Waals surface area contributed by atoms with E-state index in [1.54, 1.807) is 14.2 Å². The van der Waals surface area contributed by atoms with Crippen molar-refractivity contribution in [3.63, 3.8) is 0 Å². The lowest BCUT2D eigenvalue weighted by atomic mass is 10.2. The molecule has 2 aromatic rings. The molecule has 0 saturated heterocycles. The summed E-state index contributed by atoms with van der Waals surface area (Å²) in [4.78, 5) is 1.25. The number of hydrogen-bond donors (Lipinski definition) is 0. The van der Waals surface area contributed by atoms with Gasteiger partial charge in [-0.1, -0.05) is 12.1 Å². The summed E-state index contributed by atoms with van der Waals surface area (Å²) in [6.45, 7) is 0. The van der Waals surface area contributed by atoms with Crippen LogP contribution >= 0.6 is 11.8 Å². The van der Waals surface area contributed by atoms with Crippen molar-refractivity contribution in [2.24, 2.45) is 7.05 Å². The van der Waals surface area contributed by atoms with Crippen LogP contribution in [0.15, 0.2) is 41.4 Å². The summed E-state index contributed by atoms with van der Waals surface area (Å²) in [7, 11) is 5.26. The van der Waals surface area contributed by atoms with E-state index in [0.29, 0.717) is 0 Å². The van der Waals surface area contributed by atoms with Gasteiger partial charge in [-0.05, 0) is 24.6 Å². The first kappa shape index (κ1) is 15.1. The van der Waals surface area contributed by atoms with Crippen LogP contribution in [0.3, 0.4) is 0 Å². The van der Waals surface area contributed by atoms with Crippen molar-refractivity contribution in [3.05, 3.63) is 47.8 Å². The van der Waals surface area contributed by atoms with E-state index >= 15 is 0 Å². The minimum Gasteiger partial charge on any atom is -0.352 e. The van der Waals surface area contributed by atoms with Crippen molar-refractivity contribution in [2.45, 2.75) is 17.6 Å². The summed E-state index contributed by atoms with van der Waals surface area (Å²) in [5.41, 5.74) is 2.29. The first-order valence-corrected chi connectivity index (χ1v) is 7.48. The summed E-state index contributed by atoms with van der Waals surface area (Å²) in [5, 5.41) is 4.17. The highest BCUT2D eigenvalue weighted by molar-refractivity contribution is 7.99. The van der Waals surface area contributed by atoms with Crippen LogP contribution < -0.4 is 0 Å². The Morgan fingerprint density at radius 1 is 1.15 bits per heavy atom. The number of nitrogens with zero attached hydrogens (tertiary/aromatic N) is 2. The van der Waals surface area contributed by atoms with Gasteiger partial charge in [0.05, 0.1) is 0 Å². The molecule has 5 heteroatoms. The molecule has 0 bridgehead atoms. The lowest BCUT2D eigenvalue weighted by Crippen LogP contribution is -2.03. The molecule has 0 saturated carbocycles. The maximum absolute atomic E-state index is 5.23. The molecular formula is C15H20N2O2S. The van der Waals surface area contributed by atoms with Gasteiger partial charge in [-0.25, -0.2) is 0 Å². The number of aromatic nitrogens is 2. The average molecular weight is 292 g/mol. The van der Waals surface area contributed by atoms with Gasteiger partial charge in [0, 0.05) is 49.4 Å². The Kier molecular flexibility index (Phi) is 5.64. The largest absolute Gasteiger partial charge is 0.352 e. The third-order valence-electron chi connectivity index (χ3n) is 3.13. The van der Waals surface area contributed by atoms with Crippen molar-refractivity contribution in [1.29, 1.82) is 0 Å². The predicted molar refractivity (Wildman–Crippen MR) is 80.8 cm³/mol. The molecule has 108 valence electrons. The molecule has 1 aromatic carbocycles. The standard InChI is InChI=1S/C15H20N2O2S/c1-17-13(8-10-16-17)9-11-20-14-6-4-12(5-7-14)15(18-2)19-3/h4-8,10,15H,9,11H2,1-3H3. The molecule has 0 fully saturated rings. The first-order valence-electron chi connectivity index (χ1n) is 6.50. The van der Waals surface area contributed by atoms with Crippen LogP contribution in [0, 0.1) is 0 Å². The van der Waals surface area contributed by atoms with E-state index in [9.17, 15) is 0 Å². The fraction of sp³-hybridized carbons (Fsp3) is 0.400. The number of benzene rings is 1. The van der Waals surface area contributed by atoms with Gasteiger partial charge in [0.25, 0.3) is 0 Å². The highest BCUT2D eigenvalue weighted by Crippen LogP contribution is 2.23. The lowest BCUT2D eigenvalue weighted by molar-refractivity contribution is -0.106. The number of methoxy groups -OCH3 is 2. The number of thioether (sulfide) groups is 1. The Morgan fingerprint density at radius 3 is 2.40 bits per heavy atom. The molecule has 1 heterocycles. The van der Waals surface area contributed by atoms with Gasteiger partial charge in [-0.2, -0.15) is 5.10 Å². The molecule has 2 rings (SSSR count). The van der Waals surface area contributed by atoms with Crippen LogP contribution in [0.2, 0.25) is 0 Å². The van der Waals surface area contributed by atoms with Crippen LogP contribution in [0.1, 0.15) is 17.5 Å². The molecule has 0 atom stereocenters. The lowest BCUT2D eigenvalue weighted by Gasteiger charge is -2.13. The van der Waals surface area contributed by atoms with Gasteiger partial charge < -0.3 is 9.47 Å². The smallest absolute Gasteiger partial charge is 0.183 e. The van der Waals surface area contributed by atoms with Gasteiger partial charge in [0.1, 0.15) is 0 Å². The fourth-order valence-corrected chi connectivity index (χ4v) is 2.88. The number of aryl methyl sites for hydroxylation is 2. The SMILES string of the molecule is COC(OC)c1ccc(SCCc2ccnn2C)cc1. The minimum absolute atomic E-state index is 0.288. The van der Waals surface area contributed by atoms with Crippen LogP contribution in [0.4, 0.5) is 0 Å². The first-order chi connectivity index (χ1) is 9.74. The van der Waals surface area contributed by atoms with Gasteiger partial charge in [-0.15, -0.1) is 11.8 Å². The summed E-state index contributed by atoms with van der Waals surface area (Å²) in [5.74, 6) is 1.04. The summed E-state index contributed by atoms with van der Waals surface area (Å²) >= 11 is 1.84. The zero-order valence-electron chi connectivity index (χ0n) is 12.1. The van der Waals surface area contributed by atoms with Crippen molar-refractivity contribution >= 4 is 11.8 Å². The topological polar surface area (TPSA) is 36.3 Å². The zero-order chi connectivity index (χ0) is 14.4. The van der Waals surface area contributed by atoms with Crippen LogP contribution in [0.25, 0.3) is 0 Å². The van der Waals surface area contributed by atoms with E-state index in [1.165, 1.54) is 10.6 Å². The van der Waals surface area contributed by atoms with Gasteiger partial charge in [0.2, 0.25) is 0 Å². The summed E-state index contributed by atoms with van der Waals surface area (Å²) < 4.78 is 12.4. The van der Waals surface area contributed by atoms with Crippen LogP contribution in [-0.4, -0.2) is 29.8 Å². The van der Waals surface area contributed by atoms with Crippen LogP contribution in [0.5, 0.6) is 0 Å². The zero-order valence-corrected chi connectivity index (χ0v) is 12.9. The average Bonchev–Trinajstić information content (AvgIpc) is 2.87. The normalized spacial score (nSPS) is 11.2. The quantitative estimate of drug-likeness (QED) is 0.580. The Bertz CT molecular complexity index is 521. The molecule has 0 unspecified atom stereocenters. The highest BCUT2D eigenvalue weighted by atomic mass is 32.2. The molecule has 0 aliphatic rings. The molecule has 0 radical (unpaired) electrons. The number of ether oxygens (including phenoxy) is 2. The van der Waals surface area contributed by atoms with Crippen molar-refractivity contribution < 1.29 is 9.47 Å². The Labute approximate surface area is 124 Å². The molecular weight excluding hydrogens is 272 g/mol. The van der Waals surface area contributed by atoms with Crippen LogP contribution in [-0.2, 0) is 22.9 Å². The number of rotatable bonds is 7. The third kappa shape index (κ3) is 3.85. The fourth-order valence-electron chi connectivity index (χ4n) is 2.01. The monoisotopic (exact) mass is 292 g/mol. The van der Waals surface area contributed by atoms with Gasteiger partial charge in [0.15, 0.2) is 6.29 Å². The predicted octanol–water partition coefficient (Wildman–Crippen LogP) is 3.05. The Morgan fingerprint density at radius 2 is 1.85 bits per heavy atom. The van der Waals surface area contributed by atoms with Gasteiger partial charge in [-0.3, -0.25) is 4.68 Å². The number of hydrogen-bond acceptors (Lipinski definition) is 4. The van der Waals surface area contributed by atoms with Crippen molar-refractivity contribution in [3.8, 4) is 0 Å². The van der Waals surface area contributed by atoms with E-state index in [-0.39, 0.29) is 6.29 Å². The van der Waals surface area contributed by atoms with E-state index in [0.717, 1.165) is 17.7 Å². The second kappa shape index (κ2) is 7.47. The molecule has 1 aromatic heterocycles. The maximum atomic E-state index is 5.23. The molecule has 0 spiro atoms. The second-order valence-corrected chi connectivity index (χ2v) is 5.59. The maximum Gasteiger partial charge on any atom is 0.183 e. The van der Waals surface area contributed by atoms with E-state index < -0.39 is 0 Å². The molecule has 0 aliphatic heterocycles. The highest BCUT2D eigenvalue weighted by Gasteiger charge is 2.08. The molecule has 0 N–H and O–H groups in total. The van der Waals surface area contributed by atoms with E-state index in [2.05, 4.69) is 23.3 Å². The van der Waals surface area contributed by atoms with Gasteiger partial charge >= 0.3 is 0 Å². The van der Waals surface area contributed by atoms with E-state index in [4.69, 9.17) is 9.47 Å². The summed E-state index contributed by atoms with van der Waals surface area (Å²) in [6, 6.07) is 10.4. The van der Waals surface area contributed by atoms with Crippen molar-refractivity contribution in [2.75, 3.05) is 20.0 Å². The summed E-state index contributed by atoms with van der Waals surface area (Å²) in [6.07, 6.45) is 2.56. The molecule has 4 nitrogen and oxygen atoms in total. The Hall–Kier alpha value is -1.30. The second-order valence-electron chi connectivity index (χ2n) is 4.42. The Balaban J connectivity index is 1.86. The van der Waals surface area contributed by atoms with Crippen molar-refractivity contribution in [1.82, 2.24) is 9.78 Å².